The second-order valence-electron chi connectivity index (χ2n) is 6.88. The molecule has 1 unspecified atom stereocenters. The van der Waals surface area contributed by atoms with Crippen LogP contribution < -0.4 is 5.73 Å². The number of nitrogens with two attached hydrogens (primary N) is 1. The number of ether oxygens (including phenoxy) is 1. The molecule has 3 aromatic rings. The van der Waals surface area contributed by atoms with E-state index in [1.165, 1.54) is 11.3 Å². The monoisotopic (exact) mass is 437 g/mol. The molecule has 1 saturated heterocycles. The molecule has 1 aliphatic rings. The highest BCUT2D eigenvalue weighted by Crippen LogP contribution is 2.33. The fraction of sp³-hybridized carbons (Fsp3) is 0.368. The van der Waals surface area contributed by atoms with E-state index in [2.05, 4.69) is 19.9 Å². The third-order valence-electron chi connectivity index (χ3n) is 4.73. The molecular formula is C19H18F3N5O2S. The van der Waals surface area contributed by atoms with Gasteiger partial charge in [0.05, 0.1) is 23.4 Å². The number of rotatable bonds is 5. The number of carbonyl (C=O) groups is 1. The van der Waals surface area contributed by atoms with Crippen LogP contribution in [-0.2, 0) is 22.3 Å². The third-order valence-corrected chi connectivity index (χ3v) is 5.82. The van der Waals surface area contributed by atoms with Gasteiger partial charge in [0.15, 0.2) is 0 Å². The van der Waals surface area contributed by atoms with Crippen molar-refractivity contribution in [1.29, 1.82) is 0 Å². The molecule has 0 radical (unpaired) electrons. The number of hydrogen-bond acceptors (Lipinski definition) is 7. The van der Waals surface area contributed by atoms with E-state index >= 15 is 0 Å². The van der Waals surface area contributed by atoms with Crippen LogP contribution >= 0.6 is 11.3 Å². The predicted octanol–water partition coefficient (Wildman–Crippen LogP) is 2.55. The van der Waals surface area contributed by atoms with E-state index in [4.69, 9.17) is 10.5 Å². The van der Waals surface area contributed by atoms with Crippen LogP contribution in [0.25, 0.3) is 10.2 Å². The molecule has 0 aliphatic carbocycles. The van der Waals surface area contributed by atoms with E-state index in [0.717, 1.165) is 42.2 Å². The Kier molecular flexibility index (Phi) is 5.67. The molecule has 0 saturated carbocycles. The van der Waals surface area contributed by atoms with Gasteiger partial charge in [0.1, 0.15) is 22.4 Å². The van der Waals surface area contributed by atoms with Gasteiger partial charge in [0, 0.05) is 25.8 Å². The molecule has 1 fully saturated rings. The lowest BCUT2D eigenvalue weighted by Gasteiger charge is -2.26. The molecule has 30 heavy (non-hydrogen) atoms. The van der Waals surface area contributed by atoms with Gasteiger partial charge in [0.25, 0.3) is 0 Å². The van der Waals surface area contributed by atoms with Crippen molar-refractivity contribution in [2.75, 3.05) is 26.3 Å². The number of amides is 1. The normalized spacial score (nSPS) is 16.6. The maximum Gasteiger partial charge on any atom is 0.433 e. The van der Waals surface area contributed by atoms with E-state index in [-0.39, 0.29) is 10.8 Å². The Labute approximate surface area is 173 Å². The molecule has 1 aliphatic heterocycles. The molecule has 0 spiro atoms. The molecule has 3 heterocycles. The Morgan fingerprint density at radius 1 is 1.23 bits per heavy atom. The average molecular weight is 437 g/mol. The molecule has 2 N–H and O–H groups in total. The van der Waals surface area contributed by atoms with Gasteiger partial charge in [0.2, 0.25) is 5.91 Å². The van der Waals surface area contributed by atoms with Gasteiger partial charge in [-0.3, -0.25) is 9.69 Å². The summed E-state index contributed by atoms with van der Waals surface area (Å²) in [5.41, 5.74) is 6.06. The zero-order valence-corrected chi connectivity index (χ0v) is 16.5. The molecule has 11 heteroatoms. The number of fused-ring (bicyclic) bond motifs is 1. The number of morpholine rings is 1. The lowest BCUT2D eigenvalue weighted by molar-refractivity contribution is -0.141. The molecule has 4 rings (SSSR count). The second-order valence-corrected chi connectivity index (χ2v) is 7.94. The molecule has 1 atom stereocenters. The molecular weight excluding hydrogens is 419 g/mol. The standard InChI is InChI=1S/C19H18F3N5O2S/c20-19(21,22)14-3-4-24-17(26-14)15(16(23)28)18-25-12-2-1-11(9-13(12)30-18)10-27-5-7-29-8-6-27/h1-4,9,15H,5-8,10H2,(H2,23,28). The predicted molar refractivity (Wildman–Crippen MR) is 104 cm³/mol. The summed E-state index contributed by atoms with van der Waals surface area (Å²) in [5.74, 6) is -2.43. The van der Waals surface area contributed by atoms with Crippen molar-refractivity contribution in [3.05, 3.63) is 52.6 Å². The van der Waals surface area contributed by atoms with Crippen LogP contribution in [0.15, 0.2) is 30.5 Å². The first-order chi connectivity index (χ1) is 14.3. The number of nitrogens with zero attached hydrogens (tertiary/aromatic N) is 4. The van der Waals surface area contributed by atoms with Crippen molar-refractivity contribution in [2.24, 2.45) is 5.73 Å². The minimum atomic E-state index is -4.65. The van der Waals surface area contributed by atoms with E-state index in [9.17, 15) is 18.0 Å². The number of benzene rings is 1. The maximum atomic E-state index is 13.0. The van der Waals surface area contributed by atoms with Gasteiger partial charge in [-0.15, -0.1) is 11.3 Å². The summed E-state index contributed by atoms with van der Waals surface area (Å²) in [6.07, 6.45) is -3.68. The lowest BCUT2D eigenvalue weighted by atomic mass is 10.1. The first kappa shape index (κ1) is 20.6. The molecule has 2 aromatic heterocycles. The molecule has 0 bridgehead atoms. The highest BCUT2D eigenvalue weighted by molar-refractivity contribution is 7.18. The van der Waals surface area contributed by atoms with Crippen LogP contribution in [0.5, 0.6) is 0 Å². The van der Waals surface area contributed by atoms with Crippen molar-refractivity contribution in [2.45, 2.75) is 18.6 Å². The van der Waals surface area contributed by atoms with Crippen molar-refractivity contribution in [3.8, 4) is 0 Å². The van der Waals surface area contributed by atoms with E-state index in [1.807, 2.05) is 18.2 Å². The van der Waals surface area contributed by atoms with Crippen LogP contribution in [0, 0.1) is 0 Å². The molecule has 7 nitrogen and oxygen atoms in total. The van der Waals surface area contributed by atoms with Crippen LogP contribution in [0.3, 0.4) is 0 Å². The van der Waals surface area contributed by atoms with Crippen molar-refractivity contribution < 1.29 is 22.7 Å². The fourth-order valence-corrected chi connectivity index (χ4v) is 4.39. The minimum Gasteiger partial charge on any atom is -0.379 e. The zero-order valence-electron chi connectivity index (χ0n) is 15.7. The van der Waals surface area contributed by atoms with Crippen LogP contribution in [0.4, 0.5) is 13.2 Å². The Morgan fingerprint density at radius 2 is 2.00 bits per heavy atom. The van der Waals surface area contributed by atoms with Gasteiger partial charge in [-0.25, -0.2) is 15.0 Å². The van der Waals surface area contributed by atoms with Crippen molar-refractivity contribution >= 4 is 27.5 Å². The summed E-state index contributed by atoms with van der Waals surface area (Å²) >= 11 is 1.20. The summed E-state index contributed by atoms with van der Waals surface area (Å²) < 4.78 is 45.2. The molecule has 1 amide bonds. The first-order valence-corrected chi connectivity index (χ1v) is 10.0. The minimum absolute atomic E-state index is 0.264. The summed E-state index contributed by atoms with van der Waals surface area (Å²) in [5, 5.41) is 0.264. The van der Waals surface area contributed by atoms with Crippen LogP contribution in [-0.4, -0.2) is 52.1 Å². The topological polar surface area (TPSA) is 94.2 Å². The number of alkyl halides is 3. The average Bonchev–Trinajstić information content (AvgIpc) is 3.11. The fourth-order valence-electron chi connectivity index (χ4n) is 3.26. The smallest absolute Gasteiger partial charge is 0.379 e. The van der Waals surface area contributed by atoms with Gasteiger partial charge in [-0.05, 0) is 23.8 Å². The number of carbonyl (C=O) groups excluding carboxylic acids is 1. The van der Waals surface area contributed by atoms with Crippen LogP contribution in [0.2, 0.25) is 0 Å². The van der Waals surface area contributed by atoms with Crippen molar-refractivity contribution in [3.63, 3.8) is 0 Å². The quantitative estimate of drug-likeness (QED) is 0.659. The zero-order chi connectivity index (χ0) is 21.3. The van der Waals surface area contributed by atoms with E-state index < -0.39 is 23.7 Å². The second kappa shape index (κ2) is 8.25. The van der Waals surface area contributed by atoms with Gasteiger partial charge in [-0.2, -0.15) is 13.2 Å². The lowest BCUT2D eigenvalue weighted by Crippen LogP contribution is -2.35. The molecule has 158 valence electrons. The number of thiazole rings is 1. The highest BCUT2D eigenvalue weighted by Gasteiger charge is 2.35. The number of primary amides is 1. The largest absolute Gasteiger partial charge is 0.433 e. The summed E-state index contributed by atoms with van der Waals surface area (Å²) in [7, 11) is 0. The number of aromatic nitrogens is 3. The third kappa shape index (κ3) is 4.42. The Hall–Kier alpha value is -2.63. The van der Waals surface area contributed by atoms with Gasteiger partial charge < -0.3 is 10.5 Å². The van der Waals surface area contributed by atoms with E-state index in [0.29, 0.717) is 18.7 Å². The summed E-state index contributed by atoms with van der Waals surface area (Å²) in [6.45, 7) is 3.85. The summed E-state index contributed by atoms with van der Waals surface area (Å²) in [4.78, 5) is 26.1. The van der Waals surface area contributed by atoms with Crippen LogP contribution in [0.1, 0.15) is 28.0 Å². The first-order valence-electron chi connectivity index (χ1n) is 9.20. The Balaban J connectivity index is 1.65. The van der Waals surface area contributed by atoms with Gasteiger partial charge in [-0.1, -0.05) is 6.07 Å². The maximum absolute atomic E-state index is 13.0. The Morgan fingerprint density at radius 3 is 2.70 bits per heavy atom. The number of halogens is 3. The number of hydrogen-bond donors (Lipinski definition) is 1. The molecule has 1 aromatic carbocycles. The Bertz CT molecular complexity index is 1070. The SMILES string of the molecule is NC(=O)C(c1nccc(C(F)(F)F)n1)c1nc2ccc(CN3CCOCC3)cc2s1. The van der Waals surface area contributed by atoms with Crippen molar-refractivity contribution in [1.82, 2.24) is 19.9 Å². The van der Waals surface area contributed by atoms with E-state index in [1.54, 1.807) is 0 Å². The van der Waals surface area contributed by atoms with Gasteiger partial charge >= 0.3 is 6.18 Å². The summed E-state index contributed by atoms with van der Waals surface area (Å²) in [6, 6.07) is 6.49. The highest BCUT2D eigenvalue weighted by atomic mass is 32.1.